The number of ether oxygens (including phenoxy) is 1. The van der Waals surface area contributed by atoms with Crippen molar-refractivity contribution in [2.45, 2.75) is 50.5 Å². The zero-order valence-electron chi connectivity index (χ0n) is 13.7. The Labute approximate surface area is 138 Å². The molecule has 0 aromatic carbocycles. The van der Waals surface area contributed by atoms with Crippen molar-refractivity contribution in [3.63, 3.8) is 0 Å². The lowest BCUT2D eigenvalue weighted by atomic mass is 9.21. The van der Waals surface area contributed by atoms with Gasteiger partial charge in [0, 0.05) is 17.9 Å². The minimum Gasteiger partial charge on any atom is -0.455 e. The summed E-state index contributed by atoms with van der Waals surface area (Å²) < 4.78 is 6.36. The summed E-state index contributed by atoms with van der Waals surface area (Å²) in [6.45, 7) is 3.69. The molecule has 2 heteroatoms. The highest BCUT2D eigenvalue weighted by Gasteiger charge is 2.83. The lowest BCUT2D eigenvalue weighted by molar-refractivity contribution is -0.393. The quantitative estimate of drug-likeness (QED) is 0.572. The summed E-state index contributed by atoms with van der Waals surface area (Å²) in [5.74, 6) is 7.94. The number of carbonyl (C=O) groups excluding carboxylic acids is 1. The number of esters is 1. The predicted molar refractivity (Wildman–Crippen MR) is 85.2 cm³/mol. The number of hydrogen-bond donors (Lipinski definition) is 0. The van der Waals surface area contributed by atoms with Crippen LogP contribution in [0.1, 0.15) is 44.9 Å². The van der Waals surface area contributed by atoms with Crippen LogP contribution in [-0.2, 0) is 9.53 Å². The highest BCUT2D eigenvalue weighted by molar-refractivity contribution is 5.81. The fourth-order valence-electron chi connectivity index (χ4n) is 10.8. The third kappa shape index (κ3) is 1.08. The van der Waals surface area contributed by atoms with Gasteiger partial charge in [0.15, 0.2) is 0 Å². The van der Waals surface area contributed by atoms with E-state index < -0.39 is 0 Å². The lowest BCUT2D eigenvalue weighted by Crippen LogP contribution is -2.83. The molecule has 10 aliphatic rings. The van der Waals surface area contributed by atoms with Gasteiger partial charge in [0.1, 0.15) is 5.60 Å². The van der Waals surface area contributed by atoms with Gasteiger partial charge < -0.3 is 4.74 Å². The predicted octanol–water partition coefficient (Wildman–Crippen LogP) is 3.81. The van der Waals surface area contributed by atoms with Crippen LogP contribution in [0.2, 0.25) is 0 Å². The minimum atomic E-state index is -0.142. The fourth-order valence-corrected chi connectivity index (χ4v) is 10.8. The van der Waals surface area contributed by atoms with E-state index in [1.165, 1.54) is 44.6 Å². The molecule has 11 unspecified atom stereocenters. The van der Waals surface area contributed by atoms with Gasteiger partial charge in [-0.05, 0) is 91.8 Å². The van der Waals surface area contributed by atoms with Crippen LogP contribution >= 0.6 is 0 Å². The maximum atomic E-state index is 12.3. The Morgan fingerprint density at radius 2 is 1.74 bits per heavy atom. The molecule has 0 aliphatic heterocycles. The Kier molecular flexibility index (Phi) is 1.88. The minimum absolute atomic E-state index is 0.0813. The van der Waals surface area contributed by atoms with Gasteiger partial charge in [-0.3, -0.25) is 0 Å². The van der Waals surface area contributed by atoms with Gasteiger partial charge in [0.25, 0.3) is 0 Å². The summed E-state index contributed by atoms with van der Waals surface area (Å²) in [6, 6.07) is 0. The van der Waals surface area contributed by atoms with Crippen molar-refractivity contribution in [1.29, 1.82) is 0 Å². The summed E-state index contributed by atoms with van der Waals surface area (Å²) in [6.07, 6.45) is 11.4. The first-order chi connectivity index (χ1) is 11.2. The van der Waals surface area contributed by atoms with Gasteiger partial charge in [-0.1, -0.05) is 6.58 Å². The summed E-state index contributed by atoms with van der Waals surface area (Å²) in [7, 11) is 0. The van der Waals surface area contributed by atoms with Crippen molar-refractivity contribution in [2.75, 3.05) is 0 Å². The molecular formula is C21H26O2. The van der Waals surface area contributed by atoms with E-state index in [0.29, 0.717) is 17.3 Å². The van der Waals surface area contributed by atoms with Gasteiger partial charge in [0.2, 0.25) is 0 Å². The molecule has 11 atom stereocenters. The van der Waals surface area contributed by atoms with Crippen LogP contribution in [0.25, 0.3) is 0 Å². The first-order valence-electron chi connectivity index (χ1n) is 10.0. The second-order valence-electron chi connectivity index (χ2n) is 10.4. The van der Waals surface area contributed by atoms with E-state index in [4.69, 9.17) is 4.74 Å². The molecule has 10 saturated carbocycles. The van der Waals surface area contributed by atoms with Crippen LogP contribution in [0.3, 0.4) is 0 Å². The topological polar surface area (TPSA) is 26.3 Å². The molecule has 0 aromatic rings. The molecule has 0 heterocycles. The molecule has 0 radical (unpaired) electrons. The Balaban J connectivity index is 1.47. The molecular weight excluding hydrogens is 284 g/mol. The van der Waals surface area contributed by atoms with E-state index in [1.54, 1.807) is 6.42 Å². The number of hydrogen-bond acceptors (Lipinski definition) is 2. The van der Waals surface area contributed by atoms with Crippen molar-refractivity contribution in [1.82, 2.24) is 0 Å². The molecule has 0 saturated heterocycles. The van der Waals surface area contributed by atoms with E-state index in [-0.39, 0.29) is 11.6 Å². The lowest BCUT2D eigenvalue weighted by Gasteiger charge is -2.85. The first kappa shape index (κ1) is 12.6. The van der Waals surface area contributed by atoms with E-state index in [1.807, 2.05) is 0 Å². The van der Waals surface area contributed by atoms with Crippen LogP contribution < -0.4 is 0 Å². The average molecular weight is 310 g/mol. The molecule has 0 amide bonds. The van der Waals surface area contributed by atoms with E-state index in [2.05, 4.69) is 6.58 Å². The van der Waals surface area contributed by atoms with E-state index >= 15 is 0 Å². The third-order valence-electron chi connectivity index (χ3n) is 10.1. The molecule has 0 aromatic heterocycles. The number of carbonyl (C=O) groups is 1. The van der Waals surface area contributed by atoms with Crippen molar-refractivity contribution < 1.29 is 9.53 Å². The van der Waals surface area contributed by atoms with Crippen LogP contribution in [0.5, 0.6) is 0 Å². The highest BCUT2D eigenvalue weighted by atomic mass is 16.6. The second-order valence-corrected chi connectivity index (χ2v) is 10.4. The van der Waals surface area contributed by atoms with Crippen LogP contribution in [-0.4, -0.2) is 11.6 Å². The normalized spacial score (nSPS) is 67.9. The highest BCUT2D eigenvalue weighted by Crippen LogP contribution is 2.86. The smallest absolute Gasteiger partial charge is 0.330 e. The van der Waals surface area contributed by atoms with Gasteiger partial charge in [0.05, 0.1) is 0 Å². The monoisotopic (exact) mass is 310 g/mol. The standard InChI is InChI=1S/C21H26O2/c1-2-17(22)23-21-9-11-5-15-16(21)6-12-13-3-10-4-14(12)19(21)20(7-10,8-11)18(13)15/h2,10-16,18-19H,1,3-9H2. The van der Waals surface area contributed by atoms with Crippen LogP contribution in [0.15, 0.2) is 12.7 Å². The molecule has 11 bridgehead atoms. The van der Waals surface area contributed by atoms with Crippen molar-refractivity contribution >= 4 is 5.97 Å². The molecule has 23 heavy (non-hydrogen) atoms. The van der Waals surface area contributed by atoms with Crippen molar-refractivity contribution in [2.24, 2.45) is 58.7 Å². The molecule has 2 nitrogen and oxygen atoms in total. The number of rotatable bonds is 2. The summed E-state index contributed by atoms with van der Waals surface area (Å²) in [4.78, 5) is 12.3. The average Bonchev–Trinajstić information content (AvgIpc) is 2.52. The summed E-state index contributed by atoms with van der Waals surface area (Å²) in [5, 5.41) is 0. The zero-order chi connectivity index (χ0) is 15.1. The largest absolute Gasteiger partial charge is 0.455 e. The van der Waals surface area contributed by atoms with Gasteiger partial charge in [-0.15, -0.1) is 0 Å². The van der Waals surface area contributed by atoms with Crippen LogP contribution in [0, 0.1) is 58.7 Å². The summed E-state index contributed by atoms with van der Waals surface area (Å²) >= 11 is 0. The third-order valence-corrected chi connectivity index (χ3v) is 10.1. The molecule has 10 aliphatic carbocycles. The Morgan fingerprint density at radius 1 is 0.957 bits per heavy atom. The molecule has 10 fully saturated rings. The summed E-state index contributed by atoms with van der Waals surface area (Å²) in [5.41, 5.74) is 0.499. The SMILES string of the molecule is C=CC(=O)OC12CC3CC4C5C6CC7CC(C6CC41)C2C5(C7)C3. The van der Waals surface area contributed by atoms with Gasteiger partial charge in [-0.25, -0.2) is 4.79 Å². The fraction of sp³-hybridized carbons (Fsp3) is 0.857. The Bertz CT molecular complexity index is 650. The molecule has 10 rings (SSSR count). The first-order valence-corrected chi connectivity index (χ1v) is 10.0. The van der Waals surface area contributed by atoms with Crippen molar-refractivity contribution in [3.05, 3.63) is 12.7 Å². The zero-order valence-corrected chi connectivity index (χ0v) is 13.7. The van der Waals surface area contributed by atoms with Gasteiger partial charge >= 0.3 is 5.97 Å². The maximum absolute atomic E-state index is 12.3. The molecule has 0 N–H and O–H groups in total. The van der Waals surface area contributed by atoms with Crippen molar-refractivity contribution in [3.8, 4) is 0 Å². The molecule has 1 spiro atoms. The van der Waals surface area contributed by atoms with Crippen LogP contribution in [0.4, 0.5) is 0 Å². The Morgan fingerprint density at radius 3 is 2.61 bits per heavy atom. The van der Waals surface area contributed by atoms with Gasteiger partial charge in [-0.2, -0.15) is 0 Å². The van der Waals surface area contributed by atoms with E-state index in [9.17, 15) is 4.79 Å². The van der Waals surface area contributed by atoms with E-state index in [0.717, 1.165) is 41.4 Å². The molecule has 122 valence electrons. The Hall–Kier alpha value is -0.790. The second kappa shape index (κ2) is 3.44. The maximum Gasteiger partial charge on any atom is 0.330 e.